The highest BCUT2D eigenvalue weighted by Gasteiger charge is 2.14. The van der Waals surface area contributed by atoms with Gasteiger partial charge in [-0.1, -0.05) is 0 Å². The highest BCUT2D eigenvalue weighted by atomic mass is 16.3. The van der Waals surface area contributed by atoms with Gasteiger partial charge in [-0.2, -0.15) is 5.10 Å². The van der Waals surface area contributed by atoms with Gasteiger partial charge in [0, 0.05) is 25.7 Å². The molecular formula is C8H15N3O. The third-order valence-electron chi connectivity index (χ3n) is 1.94. The summed E-state index contributed by atoms with van der Waals surface area (Å²) >= 11 is 0. The molecule has 0 aliphatic rings. The van der Waals surface area contributed by atoms with Gasteiger partial charge in [-0.25, -0.2) is 0 Å². The summed E-state index contributed by atoms with van der Waals surface area (Å²) < 4.78 is 1.74. The number of nitrogens with two attached hydrogens (primary N) is 1. The Morgan fingerprint density at radius 3 is 2.75 bits per heavy atom. The second kappa shape index (κ2) is 3.69. The maximum absolute atomic E-state index is 8.98. The quantitative estimate of drug-likeness (QED) is 0.656. The van der Waals surface area contributed by atoms with E-state index < -0.39 is 0 Å². The third kappa shape index (κ3) is 1.65. The van der Waals surface area contributed by atoms with Crippen molar-refractivity contribution in [2.24, 2.45) is 12.8 Å². The number of nitrogens with zero attached hydrogens (tertiary/aromatic N) is 2. The number of aromatic nitrogens is 2. The third-order valence-corrected chi connectivity index (χ3v) is 1.94. The van der Waals surface area contributed by atoms with Crippen molar-refractivity contribution in [3.05, 3.63) is 17.5 Å². The fourth-order valence-corrected chi connectivity index (χ4v) is 1.30. The van der Waals surface area contributed by atoms with Crippen molar-refractivity contribution in [2.75, 3.05) is 13.2 Å². The van der Waals surface area contributed by atoms with Crippen molar-refractivity contribution < 1.29 is 5.11 Å². The summed E-state index contributed by atoms with van der Waals surface area (Å²) in [5.41, 5.74) is 7.47. The maximum Gasteiger partial charge on any atom is 0.0720 e. The molecule has 3 N–H and O–H groups in total. The van der Waals surface area contributed by atoms with Crippen LogP contribution in [0.4, 0.5) is 0 Å². The Labute approximate surface area is 72.0 Å². The second-order valence-corrected chi connectivity index (χ2v) is 2.99. The van der Waals surface area contributed by atoms with Gasteiger partial charge in [-0.05, 0) is 12.5 Å². The van der Waals surface area contributed by atoms with Crippen molar-refractivity contribution >= 4 is 0 Å². The number of aliphatic hydroxyl groups is 1. The van der Waals surface area contributed by atoms with E-state index in [9.17, 15) is 0 Å². The summed E-state index contributed by atoms with van der Waals surface area (Å²) in [6, 6.07) is 0. The first-order valence-corrected chi connectivity index (χ1v) is 4.00. The summed E-state index contributed by atoms with van der Waals surface area (Å²) in [5, 5.41) is 13.2. The summed E-state index contributed by atoms with van der Waals surface area (Å²) in [5.74, 6) is -0.0220. The summed E-state index contributed by atoms with van der Waals surface area (Å²) in [6.45, 7) is 2.48. The zero-order chi connectivity index (χ0) is 9.14. The van der Waals surface area contributed by atoms with Gasteiger partial charge in [-0.3, -0.25) is 4.68 Å². The van der Waals surface area contributed by atoms with Gasteiger partial charge in [0.1, 0.15) is 0 Å². The molecule has 1 rings (SSSR count). The Kier molecular flexibility index (Phi) is 2.83. The van der Waals surface area contributed by atoms with E-state index >= 15 is 0 Å². The highest BCUT2D eigenvalue weighted by molar-refractivity contribution is 5.19. The number of hydrogen-bond acceptors (Lipinski definition) is 3. The van der Waals surface area contributed by atoms with Crippen LogP contribution in [-0.4, -0.2) is 28.0 Å². The van der Waals surface area contributed by atoms with Crippen LogP contribution in [0.1, 0.15) is 17.2 Å². The van der Waals surface area contributed by atoms with E-state index in [1.807, 2.05) is 20.2 Å². The van der Waals surface area contributed by atoms with Gasteiger partial charge in [0.05, 0.1) is 12.3 Å². The van der Waals surface area contributed by atoms with Crippen LogP contribution in [0.2, 0.25) is 0 Å². The minimum Gasteiger partial charge on any atom is -0.396 e. The van der Waals surface area contributed by atoms with E-state index in [4.69, 9.17) is 10.8 Å². The maximum atomic E-state index is 8.98. The van der Waals surface area contributed by atoms with Crippen LogP contribution >= 0.6 is 0 Å². The molecule has 68 valence electrons. The van der Waals surface area contributed by atoms with Crippen LogP contribution in [0.15, 0.2) is 6.20 Å². The molecule has 4 nitrogen and oxygen atoms in total. The summed E-state index contributed by atoms with van der Waals surface area (Å²) in [4.78, 5) is 0. The number of aliphatic hydroxyl groups excluding tert-OH is 1. The average Bonchev–Trinajstić information content (AvgIpc) is 2.34. The molecule has 1 unspecified atom stereocenters. The standard InChI is InChI=1S/C8H15N3O/c1-6-4-11(2)10-8(6)7(3-9)5-12/h4,7,12H,3,5,9H2,1-2H3. The topological polar surface area (TPSA) is 64.1 Å². The van der Waals surface area contributed by atoms with Crippen molar-refractivity contribution in [1.82, 2.24) is 9.78 Å². The van der Waals surface area contributed by atoms with Gasteiger partial charge in [0.15, 0.2) is 0 Å². The number of rotatable bonds is 3. The lowest BCUT2D eigenvalue weighted by Gasteiger charge is -2.08. The fraction of sp³-hybridized carbons (Fsp3) is 0.625. The zero-order valence-electron chi connectivity index (χ0n) is 7.49. The molecule has 1 aromatic rings. The van der Waals surface area contributed by atoms with Gasteiger partial charge in [-0.15, -0.1) is 0 Å². The lowest BCUT2D eigenvalue weighted by Crippen LogP contribution is -2.17. The van der Waals surface area contributed by atoms with Crippen molar-refractivity contribution in [3.8, 4) is 0 Å². The molecule has 0 aromatic carbocycles. The second-order valence-electron chi connectivity index (χ2n) is 2.99. The van der Waals surface area contributed by atoms with Gasteiger partial charge in [0.2, 0.25) is 0 Å². The Morgan fingerprint density at radius 1 is 1.75 bits per heavy atom. The van der Waals surface area contributed by atoms with Crippen molar-refractivity contribution in [3.63, 3.8) is 0 Å². The molecule has 1 atom stereocenters. The highest BCUT2D eigenvalue weighted by Crippen LogP contribution is 2.15. The summed E-state index contributed by atoms with van der Waals surface area (Å²) in [7, 11) is 1.86. The van der Waals surface area contributed by atoms with Gasteiger partial charge >= 0.3 is 0 Å². The minimum absolute atomic E-state index is 0.0220. The van der Waals surface area contributed by atoms with E-state index in [2.05, 4.69) is 5.10 Å². The zero-order valence-corrected chi connectivity index (χ0v) is 7.49. The Morgan fingerprint density at radius 2 is 2.42 bits per heavy atom. The molecule has 1 heterocycles. The SMILES string of the molecule is Cc1cn(C)nc1C(CN)CO. The minimum atomic E-state index is -0.0220. The molecule has 0 saturated heterocycles. The molecule has 0 bridgehead atoms. The van der Waals surface area contributed by atoms with Gasteiger partial charge in [0.25, 0.3) is 0 Å². The largest absolute Gasteiger partial charge is 0.396 e. The van der Waals surface area contributed by atoms with Crippen LogP contribution in [0.5, 0.6) is 0 Å². The molecule has 0 radical (unpaired) electrons. The normalized spacial score (nSPS) is 13.3. The smallest absolute Gasteiger partial charge is 0.0720 e. The molecular weight excluding hydrogens is 154 g/mol. The van der Waals surface area contributed by atoms with Crippen LogP contribution in [0, 0.1) is 6.92 Å². The molecule has 0 aliphatic carbocycles. The Bertz CT molecular complexity index is 253. The predicted octanol–water partition coefficient (Wildman–Crippen LogP) is -0.237. The number of hydrogen-bond donors (Lipinski definition) is 2. The van der Waals surface area contributed by atoms with E-state index in [1.54, 1.807) is 4.68 Å². The average molecular weight is 169 g/mol. The number of aryl methyl sites for hydroxylation is 2. The lowest BCUT2D eigenvalue weighted by atomic mass is 10.0. The van der Waals surface area contributed by atoms with E-state index in [1.165, 1.54) is 0 Å². The first-order chi connectivity index (χ1) is 5.69. The van der Waals surface area contributed by atoms with Crippen LogP contribution in [-0.2, 0) is 7.05 Å². The van der Waals surface area contributed by atoms with E-state index in [0.717, 1.165) is 11.3 Å². The van der Waals surface area contributed by atoms with E-state index in [0.29, 0.717) is 6.54 Å². The molecule has 0 fully saturated rings. The molecule has 12 heavy (non-hydrogen) atoms. The van der Waals surface area contributed by atoms with Crippen LogP contribution < -0.4 is 5.73 Å². The first-order valence-electron chi connectivity index (χ1n) is 4.00. The monoisotopic (exact) mass is 169 g/mol. The molecule has 4 heteroatoms. The van der Waals surface area contributed by atoms with Crippen molar-refractivity contribution in [2.45, 2.75) is 12.8 Å². The van der Waals surface area contributed by atoms with Crippen molar-refractivity contribution in [1.29, 1.82) is 0 Å². The van der Waals surface area contributed by atoms with Crippen LogP contribution in [0.3, 0.4) is 0 Å². The van der Waals surface area contributed by atoms with Crippen LogP contribution in [0.25, 0.3) is 0 Å². The molecule has 1 aromatic heterocycles. The molecule has 0 saturated carbocycles. The van der Waals surface area contributed by atoms with E-state index in [-0.39, 0.29) is 12.5 Å². The Hall–Kier alpha value is -0.870. The molecule has 0 spiro atoms. The fourth-order valence-electron chi connectivity index (χ4n) is 1.30. The summed E-state index contributed by atoms with van der Waals surface area (Å²) in [6.07, 6.45) is 1.92. The Balaban J connectivity index is 2.91. The predicted molar refractivity (Wildman–Crippen MR) is 46.8 cm³/mol. The van der Waals surface area contributed by atoms with Gasteiger partial charge < -0.3 is 10.8 Å². The first kappa shape index (κ1) is 9.22. The lowest BCUT2D eigenvalue weighted by molar-refractivity contribution is 0.265. The molecule has 0 aliphatic heterocycles. The molecule has 0 amide bonds.